The van der Waals surface area contributed by atoms with E-state index in [2.05, 4.69) is 42.2 Å². The van der Waals surface area contributed by atoms with Crippen LogP contribution in [0.1, 0.15) is 38.4 Å². The van der Waals surface area contributed by atoms with Gasteiger partial charge in [-0.3, -0.25) is 4.68 Å². The van der Waals surface area contributed by atoms with E-state index in [9.17, 15) is 0 Å². The number of hydrogen-bond acceptors (Lipinski definition) is 4. The summed E-state index contributed by atoms with van der Waals surface area (Å²) in [5, 5.41) is 7.53. The van der Waals surface area contributed by atoms with Gasteiger partial charge in [-0.05, 0) is 18.1 Å². The Kier molecular flexibility index (Phi) is 5.33. The number of rotatable bonds is 7. The fourth-order valence-corrected chi connectivity index (χ4v) is 2.05. The third kappa shape index (κ3) is 4.86. The van der Waals surface area contributed by atoms with E-state index in [1.807, 2.05) is 19.3 Å². The summed E-state index contributed by atoms with van der Waals surface area (Å²) in [7, 11) is 1.87. The first kappa shape index (κ1) is 15.5. The van der Waals surface area contributed by atoms with Gasteiger partial charge in [-0.2, -0.15) is 5.10 Å². The minimum absolute atomic E-state index is 0.454. The molecule has 0 unspecified atom stereocenters. The van der Waals surface area contributed by atoms with Crippen molar-refractivity contribution in [1.82, 2.24) is 20.1 Å². The van der Waals surface area contributed by atoms with Gasteiger partial charge in [0, 0.05) is 31.4 Å². The predicted molar refractivity (Wildman–Crippen MR) is 83.5 cm³/mol. The second-order valence-corrected chi connectivity index (χ2v) is 5.54. The third-order valence-electron chi connectivity index (χ3n) is 3.04. The first-order valence-corrected chi connectivity index (χ1v) is 7.46. The van der Waals surface area contributed by atoms with Gasteiger partial charge in [0.05, 0.1) is 12.4 Å². The van der Waals surface area contributed by atoms with Crippen molar-refractivity contribution >= 4 is 0 Å². The van der Waals surface area contributed by atoms with E-state index >= 15 is 0 Å². The molecule has 0 aliphatic heterocycles. The van der Waals surface area contributed by atoms with Gasteiger partial charge in [0.25, 0.3) is 0 Å². The molecule has 0 aromatic carbocycles. The van der Waals surface area contributed by atoms with Crippen LogP contribution >= 0.6 is 0 Å². The summed E-state index contributed by atoms with van der Waals surface area (Å²) < 4.78 is 7.53. The third-order valence-corrected chi connectivity index (χ3v) is 3.04. The number of pyridine rings is 1. The zero-order chi connectivity index (χ0) is 15.2. The molecule has 1 N–H and O–H groups in total. The Balaban J connectivity index is 2.17. The topological polar surface area (TPSA) is 52.0 Å². The largest absolute Gasteiger partial charge is 0.436 e. The lowest BCUT2D eigenvalue weighted by atomic mass is 10.1. The molecule has 0 saturated heterocycles. The predicted octanol–water partition coefficient (Wildman–Crippen LogP) is 3.06. The second kappa shape index (κ2) is 7.22. The summed E-state index contributed by atoms with van der Waals surface area (Å²) in [5.74, 6) is 1.34. The lowest BCUT2D eigenvalue weighted by Gasteiger charge is -2.11. The summed E-state index contributed by atoms with van der Waals surface area (Å²) in [6.07, 6.45) is 5.56. The van der Waals surface area contributed by atoms with Crippen LogP contribution in [0, 0.1) is 0 Å². The maximum absolute atomic E-state index is 5.81. The van der Waals surface area contributed by atoms with Crippen LogP contribution in [0.2, 0.25) is 0 Å². The van der Waals surface area contributed by atoms with Crippen molar-refractivity contribution in [3.8, 4) is 11.6 Å². The number of nitrogens with one attached hydrogen (secondary N) is 1. The lowest BCUT2D eigenvalue weighted by Crippen LogP contribution is -2.22. The standard InChI is InChI=1S/C16H24N4O/c1-5-6-14-7-13(9-17-12(2)3)8-16(19-14)21-15-10-18-20(4)11-15/h7-8,10-12,17H,5-6,9H2,1-4H3. The van der Waals surface area contributed by atoms with Crippen molar-refractivity contribution in [2.45, 2.75) is 46.2 Å². The van der Waals surface area contributed by atoms with Crippen molar-refractivity contribution in [2.75, 3.05) is 0 Å². The van der Waals surface area contributed by atoms with Crippen LogP contribution in [-0.2, 0) is 20.0 Å². The van der Waals surface area contributed by atoms with Crippen LogP contribution in [-0.4, -0.2) is 20.8 Å². The molecule has 0 spiro atoms. The molecule has 114 valence electrons. The minimum Gasteiger partial charge on any atom is -0.436 e. The Morgan fingerprint density at radius 3 is 2.76 bits per heavy atom. The Labute approximate surface area is 126 Å². The number of ether oxygens (including phenoxy) is 1. The maximum atomic E-state index is 5.81. The molecule has 0 radical (unpaired) electrons. The molecule has 2 aromatic heterocycles. The van der Waals surface area contributed by atoms with Gasteiger partial charge in [0.1, 0.15) is 0 Å². The fraction of sp³-hybridized carbons (Fsp3) is 0.500. The number of hydrogen-bond donors (Lipinski definition) is 1. The second-order valence-electron chi connectivity index (χ2n) is 5.54. The molecular weight excluding hydrogens is 264 g/mol. The van der Waals surface area contributed by atoms with Crippen LogP contribution in [0.25, 0.3) is 0 Å². The Hall–Kier alpha value is -1.88. The Morgan fingerprint density at radius 1 is 1.33 bits per heavy atom. The average molecular weight is 288 g/mol. The average Bonchev–Trinajstić information content (AvgIpc) is 2.82. The number of aromatic nitrogens is 3. The van der Waals surface area contributed by atoms with E-state index in [4.69, 9.17) is 4.74 Å². The first-order chi connectivity index (χ1) is 10.1. The molecule has 0 amide bonds. The van der Waals surface area contributed by atoms with E-state index in [1.54, 1.807) is 10.9 Å². The molecule has 21 heavy (non-hydrogen) atoms. The Morgan fingerprint density at radius 2 is 2.14 bits per heavy atom. The molecule has 2 aromatic rings. The highest BCUT2D eigenvalue weighted by molar-refractivity contribution is 5.29. The van der Waals surface area contributed by atoms with Crippen molar-refractivity contribution in [3.63, 3.8) is 0 Å². The summed E-state index contributed by atoms with van der Waals surface area (Å²) in [6.45, 7) is 7.26. The highest BCUT2D eigenvalue weighted by Crippen LogP contribution is 2.21. The smallest absolute Gasteiger partial charge is 0.219 e. The van der Waals surface area contributed by atoms with Crippen molar-refractivity contribution in [3.05, 3.63) is 35.8 Å². The Bertz CT molecular complexity index is 577. The van der Waals surface area contributed by atoms with Crippen molar-refractivity contribution in [2.24, 2.45) is 7.05 Å². The molecule has 0 fully saturated rings. The van der Waals surface area contributed by atoms with Gasteiger partial charge in [0.15, 0.2) is 5.75 Å². The van der Waals surface area contributed by atoms with Crippen LogP contribution in [0.3, 0.4) is 0 Å². The van der Waals surface area contributed by atoms with Crippen LogP contribution in [0.15, 0.2) is 24.5 Å². The first-order valence-electron chi connectivity index (χ1n) is 7.46. The van der Waals surface area contributed by atoms with E-state index in [0.717, 1.165) is 25.1 Å². The summed E-state index contributed by atoms with van der Waals surface area (Å²) >= 11 is 0. The lowest BCUT2D eigenvalue weighted by molar-refractivity contribution is 0.458. The van der Waals surface area contributed by atoms with Gasteiger partial charge in [-0.15, -0.1) is 0 Å². The SMILES string of the molecule is CCCc1cc(CNC(C)C)cc(Oc2cnn(C)c2)n1. The van der Waals surface area contributed by atoms with Crippen LogP contribution in [0.4, 0.5) is 0 Å². The summed E-state index contributed by atoms with van der Waals surface area (Å²) in [4.78, 5) is 4.57. The van der Waals surface area contributed by atoms with Crippen molar-refractivity contribution in [1.29, 1.82) is 0 Å². The summed E-state index contributed by atoms with van der Waals surface area (Å²) in [5.41, 5.74) is 2.26. The van der Waals surface area contributed by atoms with Crippen molar-refractivity contribution < 1.29 is 4.74 Å². The molecule has 2 heterocycles. The zero-order valence-corrected chi connectivity index (χ0v) is 13.3. The molecule has 0 aliphatic carbocycles. The van der Waals surface area contributed by atoms with Gasteiger partial charge in [-0.1, -0.05) is 27.2 Å². The minimum atomic E-state index is 0.454. The zero-order valence-electron chi connectivity index (χ0n) is 13.3. The van der Waals surface area contributed by atoms with Crippen LogP contribution in [0.5, 0.6) is 11.6 Å². The number of nitrogens with zero attached hydrogens (tertiary/aromatic N) is 3. The fourth-order valence-electron chi connectivity index (χ4n) is 2.05. The molecule has 2 rings (SSSR count). The highest BCUT2D eigenvalue weighted by atomic mass is 16.5. The van der Waals surface area contributed by atoms with E-state index in [1.165, 1.54) is 5.56 Å². The monoisotopic (exact) mass is 288 g/mol. The molecule has 0 aliphatic rings. The molecule has 0 saturated carbocycles. The van der Waals surface area contributed by atoms with Gasteiger partial charge >= 0.3 is 0 Å². The molecule has 0 bridgehead atoms. The van der Waals surface area contributed by atoms with E-state index in [-0.39, 0.29) is 0 Å². The van der Waals surface area contributed by atoms with Gasteiger partial charge in [-0.25, -0.2) is 4.98 Å². The maximum Gasteiger partial charge on any atom is 0.219 e. The molecule has 0 atom stereocenters. The quantitative estimate of drug-likeness (QED) is 0.850. The normalized spacial score (nSPS) is 11.1. The van der Waals surface area contributed by atoms with Gasteiger partial charge < -0.3 is 10.1 Å². The molecule has 5 nitrogen and oxygen atoms in total. The van der Waals surface area contributed by atoms with E-state index < -0.39 is 0 Å². The van der Waals surface area contributed by atoms with E-state index in [0.29, 0.717) is 17.7 Å². The molecular formula is C16H24N4O. The van der Waals surface area contributed by atoms with Gasteiger partial charge in [0.2, 0.25) is 5.88 Å². The molecule has 5 heteroatoms. The highest BCUT2D eigenvalue weighted by Gasteiger charge is 2.07. The summed E-state index contributed by atoms with van der Waals surface area (Å²) in [6, 6.07) is 4.59. The number of aryl methyl sites for hydroxylation is 2. The van der Waals surface area contributed by atoms with Crippen LogP contribution < -0.4 is 10.1 Å².